The summed E-state index contributed by atoms with van der Waals surface area (Å²) in [6, 6.07) is 18.2. The topological polar surface area (TPSA) is 69.0 Å². The molecule has 1 saturated heterocycles. The Hall–Kier alpha value is -3.29. The standard InChI is InChI=1S/C28H30N4O3.ClH/c1-29-15-12-21(13-16-29)30-18-32(31-17-14-24(33)27(34)26(31)28(30)35)25-22-8-4-2-6-19(22)10-11-20-7-3-5-9-23(20)25;/h2-9,14,17,21,25,34H,10-13,15-16,18H2,1H3;1H. The lowest BCUT2D eigenvalue weighted by molar-refractivity contribution is 0.0496. The zero-order valence-electron chi connectivity index (χ0n) is 20.3. The van der Waals surface area contributed by atoms with E-state index in [0.717, 1.165) is 38.8 Å². The van der Waals surface area contributed by atoms with Crippen LogP contribution in [0.25, 0.3) is 0 Å². The second-order valence-electron chi connectivity index (χ2n) is 9.91. The lowest BCUT2D eigenvalue weighted by atomic mass is 9.93. The second kappa shape index (κ2) is 9.64. The summed E-state index contributed by atoms with van der Waals surface area (Å²) in [5.74, 6) is -0.753. The third kappa shape index (κ3) is 3.96. The lowest BCUT2D eigenvalue weighted by Crippen LogP contribution is -2.59. The van der Waals surface area contributed by atoms with Crippen LogP contribution in [0.2, 0.25) is 0 Å². The molecular weight excluding hydrogens is 476 g/mol. The van der Waals surface area contributed by atoms with Gasteiger partial charge in [0.1, 0.15) is 6.67 Å². The summed E-state index contributed by atoms with van der Waals surface area (Å²) in [7, 11) is 2.10. The zero-order valence-corrected chi connectivity index (χ0v) is 21.2. The number of nitrogens with zero attached hydrogens (tertiary/aromatic N) is 4. The third-order valence-electron chi connectivity index (χ3n) is 7.88. The molecule has 6 rings (SSSR count). The Kier molecular flexibility index (Phi) is 6.53. The summed E-state index contributed by atoms with van der Waals surface area (Å²) < 4.78 is 1.72. The smallest absolute Gasteiger partial charge is 0.278 e. The van der Waals surface area contributed by atoms with Gasteiger partial charge in [0.2, 0.25) is 5.43 Å². The Labute approximate surface area is 216 Å². The fourth-order valence-corrected chi connectivity index (χ4v) is 5.96. The van der Waals surface area contributed by atoms with Gasteiger partial charge in [0.25, 0.3) is 5.91 Å². The fourth-order valence-electron chi connectivity index (χ4n) is 5.96. The number of likely N-dealkylation sites (tertiary alicyclic amines) is 1. The van der Waals surface area contributed by atoms with E-state index in [2.05, 4.69) is 65.5 Å². The molecule has 0 spiro atoms. The van der Waals surface area contributed by atoms with E-state index < -0.39 is 11.2 Å². The predicted octanol–water partition coefficient (Wildman–Crippen LogP) is 3.31. The molecule has 0 atom stereocenters. The van der Waals surface area contributed by atoms with Crippen molar-refractivity contribution in [2.75, 3.05) is 31.8 Å². The molecule has 7 nitrogen and oxygen atoms in total. The molecule has 188 valence electrons. The molecule has 1 amide bonds. The van der Waals surface area contributed by atoms with Crippen molar-refractivity contribution >= 4 is 18.3 Å². The maximum atomic E-state index is 13.7. The summed E-state index contributed by atoms with van der Waals surface area (Å²) in [5, 5.41) is 13.0. The molecule has 3 aromatic rings. The van der Waals surface area contributed by atoms with Crippen LogP contribution >= 0.6 is 12.4 Å². The Balaban J connectivity index is 0.00000267. The number of hydrogen-bond acceptors (Lipinski definition) is 5. The van der Waals surface area contributed by atoms with Crippen LogP contribution in [0.1, 0.15) is 51.6 Å². The average molecular weight is 507 g/mol. The number of aromatic nitrogens is 1. The molecule has 0 radical (unpaired) electrons. The number of hydrogen-bond donors (Lipinski definition) is 1. The van der Waals surface area contributed by atoms with Crippen molar-refractivity contribution < 1.29 is 9.90 Å². The lowest BCUT2D eigenvalue weighted by Gasteiger charge is -2.47. The van der Waals surface area contributed by atoms with Crippen molar-refractivity contribution in [2.45, 2.75) is 37.8 Å². The predicted molar refractivity (Wildman–Crippen MR) is 142 cm³/mol. The first-order valence-electron chi connectivity index (χ1n) is 12.4. The van der Waals surface area contributed by atoms with Gasteiger partial charge in [-0.15, -0.1) is 12.4 Å². The van der Waals surface area contributed by atoms with Crippen molar-refractivity contribution in [3.63, 3.8) is 0 Å². The number of aryl methyl sites for hydroxylation is 2. The van der Waals surface area contributed by atoms with Gasteiger partial charge in [-0.2, -0.15) is 0 Å². The van der Waals surface area contributed by atoms with E-state index in [0.29, 0.717) is 6.67 Å². The molecule has 0 unspecified atom stereocenters. The highest BCUT2D eigenvalue weighted by Crippen LogP contribution is 2.38. The van der Waals surface area contributed by atoms with E-state index in [-0.39, 0.29) is 36.1 Å². The van der Waals surface area contributed by atoms with Gasteiger partial charge in [-0.25, -0.2) is 0 Å². The van der Waals surface area contributed by atoms with Crippen molar-refractivity contribution in [3.05, 3.63) is 99.0 Å². The molecule has 1 N–H and O–H groups in total. The van der Waals surface area contributed by atoms with E-state index >= 15 is 0 Å². The number of fused-ring (bicyclic) bond motifs is 3. The number of carbonyl (C=O) groups is 1. The second-order valence-corrected chi connectivity index (χ2v) is 9.91. The SMILES string of the molecule is CN1CCC(N2CN(C3c4ccccc4CCc4ccccc43)n3ccc(=O)c(O)c3C2=O)CC1.Cl. The number of piperidine rings is 1. The molecule has 3 heterocycles. The summed E-state index contributed by atoms with van der Waals surface area (Å²) in [6.07, 6.45) is 5.25. The minimum atomic E-state index is -0.531. The number of carbonyl (C=O) groups excluding carboxylic acids is 1. The minimum absolute atomic E-state index is 0. The molecule has 8 heteroatoms. The van der Waals surface area contributed by atoms with Crippen LogP contribution in [0.4, 0.5) is 0 Å². The summed E-state index contributed by atoms with van der Waals surface area (Å²) in [6.45, 7) is 2.21. The van der Waals surface area contributed by atoms with Crippen LogP contribution in [0.5, 0.6) is 5.75 Å². The Morgan fingerprint density at radius 3 is 2.06 bits per heavy atom. The molecule has 36 heavy (non-hydrogen) atoms. The van der Waals surface area contributed by atoms with E-state index in [9.17, 15) is 14.7 Å². The van der Waals surface area contributed by atoms with E-state index in [1.807, 2.05) is 4.90 Å². The van der Waals surface area contributed by atoms with Crippen LogP contribution in [0.3, 0.4) is 0 Å². The fraction of sp³-hybridized carbons (Fsp3) is 0.357. The minimum Gasteiger partial charge on any atom is -0.502 e. The monoisotopic (exact) mass is 506 g/mol. The normalized spacial score (nSPS) is 18.6. The van der Waals surface area contributed by atoms with Crippen LogP contribution in [0.15, 0.2) is 65.6 Å². The van der Waals surface area contributed by atoms with Crippen LogP contribution < -0.4 is 10.4 Å². The van der Waals surface area contributed by atoms with Crippen molar-refractivity contribution in [1.82, 2.24) is 14.5 Å². The molecule has 0 bridgehead atoms. The molecule has 2 aliphatic heterocycles. The van der Waals surface area contributed by atoms with Crippen molar-refractivity contribution in [1.29, 1.82) is 0 Å². The van der Waals surface area contributed by atoms with E-state index in [1.54, 1.807) is 10.9 Å². The molecule has 3 aliphatic rings. The average Bonchev–Trinajstić information content (AvgIpc) is 3.04. The number of pyridine rings is 1. The van der Waals surface area contributed by atoms with Gasteiger partial charge >= 0.3 is 0 Å². The molecular formula is C28H31ClN4O3. The van der Waals surface area contributed by atoms with Gasteiger partial charge in [-0.05, 0) is 68.1 Å². The van der Waals surface area contributed by atoms with Crippen molar-refractivity contribution in [2.24, 2.45) is 0 Å². The molecule has 0 saturated carbocycles. The molecule has 1 aliphatic carbocycles. The highest BCUT2D eigenvalue weighted by atomic mass is 35.5. The van der Waals surface area contributed by atoms with E-state index in [1.165, 1.54) is 28.3 Å². The van der Waals surface area contributed by atoms with Gasteiger partial charge in [-0.1, -0.05) is 48.5 Å². The van der Waals surface area contributed by atoms with Gasteiger partial charge in [0.15, 0.2) is 11.4 Å². The summed E-state index contributed by atoms with van der Waals surface area (Å²) in [4.78, 5) is 30.3. The van der Waals surface area contributed by atoms with Crippen LogP contribution in [0, 0.1) is 0 Å². The van der Waals surface area contributed by atoms with E-state index in [4.69, 9.17) is 0 Å². The number of amides is 1. The van der Waals surface area contributed by atoms with Gasteiger partial charge in [0.05, 0.1) is 6.04 Å². The van der Waals surface area contributed by atoms with Gasteiger partial charge in [0, 0.05) is 18.3 Å². The molecule has 1 fully saturated rings. The Morgan fingerprint density at radius 1 is 0.861 bits per heavy atom. The van der Waals surface area contributed by atoms with Crippen molar-refractivity contribution in [3.8, 4) is 5.75 Å². The number of halogens is 1. The first-order valence-corrected chi connectivity index (χ1v) is 12.4. The third-order valence-corrected chi connectivity index (χ3v) is 7.88. The Morgan fingerprint density at radius 2 is 1.44 bits per heavy atom. The first kappa shape index (κ1) is 24.4. The van der Waals surface area contributed by atoms with Crippen LogP contribution in [-0.2, 0) is 12.8 Å². The molecule has 1 aromatic heterocycles. The highest BCUT2D eigenvalue weighted by Gasteiger charge is 2.41. The number of rotatable bonds is 2. The quantitative estimate of drug-likeness (QED) is 0.577. The molecule has 2 aromatic carbocycles. The number of aromatic hydroxyl groups is 1. The van der Waals surface area contributed by atoms with Crippen LogP contribution in [-0.4, -0.2) is 58.3 Å². The number of benzene rings is 2. The largest absolute Gasteiger partial charge is 0.502 e. The van der Waals surface area contributed by atoms with Gasteiger partial charge in [-0.3, -0.25) is 19.3 Å². The highest BCUT2D eigenvalue weighted by molar-refractivity contribution is 5.96. The summed E-state index contributed by atoms with van der Waals surface area (Å²) in [5.41, 5.74) is 4.48. The first-order chi connectivity index (χ1) is 17.0. The summed E-state index contributed by atoms with van der Waals surface area (Å²) >= 11 is 0. The maximum absolute atomic E-state index is 13.7. The maximum Gasteiger partial charge on any atom is 0.278 e. The van der Waals surface area contributed by atoms with Gasteiger partial charge < -0.3 is 14.9 Å². The zero-order chi connectivity index (χ0) is 24.1. The Bertz CT molecular complexity index is 1300.